The van der Waals surface area contributed by atoms with Crippen LogP contribution < -0.4 is 0 Å². The maximum absolute atomic E-state index is 13.7. The minimum atomic E-state index is -0.414. The first-order chi connectivity index (χ1) is 10.1. The van der Waals surface area contributed by atoms with Crippen molar-refractivity contribution in [2.45, 2.75) is 45.1 Å². The van der Waals surface area contributed by atoms with Gasteiger partial charge >= 0.3 is 0 Å². The normalized spacial score (nSPS) is 22.9. The Kier molecular flexibility index (Phi) is 4.41. The zero-order valence-corrected chi connectivity index (χ0v) is 13.6. The summed E-state index contributed by atoms with van der Waals surface area (Å²) in [7, 11) is 0. The Hall–Kier alpha value is -0.800. The van der Waals surface area contributed by atoms with E-state index in [9.17, 15) is 4.39 Å². The topological polar surface area (TPSA) is 17.8 Å². The fourth-order valence-corrected chi connectivity index (χ4v) is 3.77. The Balaban J connectivity index is 2.12. The van der Waals surface area contributed by atoms with Crippen molar-refractivity contribution in [2.24, 2.45) is 5.92 Å². The van der Waals surface area contributed by atoms with Crippen LogP contribution in [-0.4, -0.2) is 15.4 Å². The molecule has 2 unspecified atom stereocenters. The molecule has 1 aliphatic rings. The molecule has 5 heteroatoms. The maximum Gasteiger partial charge on any atom is 0.144 e. The number of rotatable bonds is 3. The molecule has 1 aliphatic carbocycles. The van der Waals surface area contributed by atoms with Crippen LogP contribution in [0.1, 0.15) is 44.5 Å². The molecule has 0 radical (unpaired) electrons. The second kappa shape index (κ2) is 6.13. The number of fused-ring (bicyclic) bond motifs is 1. The van der Waals surface area contributed by atoms with Gasteiger partial charge in [0, 0.05) is 24.4 Å². The molecule has 0 saturated heterocycles. The quantitative estimate of drug-likeness (QED) is 0.693. The molecule has 21 heavy (non-hydrogen) atoms. The molecule has 1 fully saturated rings. The standard InChI is InChI=1S/C16H19Cl2FN2/c1-10-3-2-4-11(7-10)21-15-8-12(18)13(19)9-14(15)20-16(21)5-6-17/h8-11H,2-7H2,1H3. The van der Waals surface area contributed by atoms with Gasteiger partial charge in [0.25, 0.3) is 0 Å². The number of hydrogen-bond acceptors (Lipinski definition) is 1. The van der Waals surface area contributed by atoms with Crippen LogP contribution in [-0.2, 0) is 6.42 Å². The molecule has 2 aromatic rings. The molecule has 3 rings (SSSR count). The van der Waals surface area contributed by atoms with E-state index < -0.39 is 5.82 Å². The summed E-state index contributed by atoms with van der Waals surface area (Å²) in [6.45, 7) is 2.29. The van der Waals surface area contributed by atoms with E-state index in [1.165, 1.54) is 18.9 Å². The van der Waals surface area contributed by atoms with E-state index in [-0.39, 0.29) is 5.02 Å². The molecule has 0 amide bonds. The number of imidazole rings is 1. The third kappa shape index (κ3) is 2.91. The van der Waals surface area contributed by atoms with Gasteiger partial charge < -0.3 is 4.57 Å². The van der Waals surface area contributed by atoms with Gasteiger partial charge in [-0.05, 0) is 24.8 Å². The fourth-order valence-electron chi connectivity index (χ4n) is 3.45. The summed E-state index contributed by atoms with van der Waals surface area (Å²) < 4.78 is 15.9. The van der Waals surface area contributed by atoms with E-state index in [1.54, 1.807) is 6.07 Å². The summed E-state index contributed by atoms with van der Waals surface area (Å²) in [6.07, 6.45) is 5.47. The van der Waals surface area contributed by atoms with Gasteiger partial charge in [0.2, 0.25) is 0 Å². The summed E-state index contributed by atoms with van der Waals surface area (Å²) in [5.74, 6) is 1.76. The molecule has 2 nitrogen and oxygen atoms in total. The minimum absolute atomic E-state index is 0.157. The summed E-state index contributed by atoms with van der Waals surface area (Å²) in [4.78, 5) is 4.58. The van der Waals surface area contributed by atoms with Crippen LogP contribution in [0.2, 0.25) is 5.02 Å². The summed E-state index contributed by atoms with van der Waals surface area (Å²) >= 11 is 11.9. The number of aryl methyl sites for hydroxylation is 1. The Morgan fingerprint density at radius 2 is 2.19 bits per heavy atom. The lowest BCUT2D eigenvalue weighted by Crippen LogP contribution is -2.19. The molecule has 0 spiro atoms. The lowest BCUT2D eigenvalue weighted by molar-refractivity contribution is 0.283. The van der Waals surface area contributed by atoms with Gasteiger partial charge in [0.05, 0.1) is 16.1 Å². The molecule has 0 bridgehead atoms. The number of nitrogens with zero attached hydrogens (tertiary/aromatic N) is 2. The van der Waals surface area contributed by atoms with Gasteiger partial charge in [0.15, 0.2) is 0 Å². The first-order valence-corrected chi connectivity index (χ1v) is 8.43. The van der Waals surface area contributed by atoms with Gasteiger partial charge in [-0.15, -0.1) is 11.6 Å². The number of halogens is 3. The number of alkyl halides is 1. The highest BCUT2D eigenvalue weighted by Gasteiger charge is 2.25. The van der Waals surface area contributed by atoms with Crippen LogP contribution in [0.15, 0.2) is 12.1 Å². The highest BCUT2D eigenvalue weighted by molar-refractivity contribution is 6.31. The average molecular weight is 329 g/mol. The summed E-state index contributed by atoms with van der Waals surface area (Å²) in [5, 5.41) is 0.157. The van der Waals surface area contributed by atoms with Crippen LogP contribution in [0.25, 0.3) is 11.0 Å². The second-order valence-corrected chi connectivity index (χ2v) is 6.80. The van der Waals surface area contributed by atoms with Crippen molar-refractivity contribution in [3.63, 3.8) is 0 Å². The SMILES string of the molecule is CC1CCCC(n2c(CCCl)nc3cc(F)c(Cl)cc32)C1. The molecule has 1 saturated carbocycles. The van der Waals surface area contributed by atoms with Crippen molar-refractivity contribution in [3.8, 4) is 0 Å². The van der Waals surface area contributed by atoms with Gasteiger partial charge in [-0.25, -0.2) is 9.37 Å². The van der Waals surface area contributed by atoms with Crippen molar-refractivity contribution in [3.05, 3.63) is 28.8 Å². The lowest BCUT2D eigenvalue weighted by atomic mass is 9.87. The van der Waals surface area contributed by atoms with Gasteiger partial charge in [-0.2, -0.15) is 0 Å². The third-order valence-electron chi connectivity index (χ3n) is 4.40. The first-order valence-electron chi connectivity index (χ1n) is 7.52. The molecule has 0 N–H and O–H groups in total. The molecule has 1 aromatic heterocycles. The van der Waals surface area contributed by atoms with Crippen molar-refractivity contribution < 1.29 is 4.39 Å². The van der Waals surface area contributed by atoms with Crippen molar-refractivity contribution in [1.29, 1.82) is 0 Å². The number of hydrogen-bond donors (Lipinski definition) is 0. The number of aromatic nitrogens is 2. The molecule has 114 valence electrons. The van der Waals surface area contributed by atoms with Gasteiger partial charge in [0.1, 0.15) is 11.6 Å². The summed E-state index contributed by atoms with van der Waals surface area (Å²) in [6, 6.07) is 3.55. The monoisotopic (exact) mass is 328 g/mol. The highest BCUT2D eigenvalue weighted by Crippen LogP contribution is 2.36. The van der Waals surface area contributed by atoms with E-state index in [0.29, 0.717) is 29.8 Å². The lowest BCUT2D eigenvalue weighted by Gasteiger charge is -2.29. The Morgan fingerprint density at radius 1 is 1.38 bits per heavy atom. The van der Waals surface area contributed by atoms with Crippen molar-refractivity contribution in [1.82, 2.24) is 9.55 Å². The van der Waals surface area contributed by atoms with Crippen LogP contribution >= 0.6 is 23.2 Å². The van der Waals surface area contributed by atoms with Crippen LogP contribution in [0, 0.1) is 11.7 Å². The Morgan fingerprint density at radius 3 is 2.90 bits per heavy atom. The third-order valence-corrected chi connectivity index (χ3v) is 4.88. The molecule has 1 heterocycles. The van der Waals surface area contributed by atoms with E-state index in [0.717, 1.165) is 24.2 Å². The summed E-state index contributed by atoms with van der Waals surface area (Å²) in [5.41, 5.74) is 1.61. The van der Waals surface area contributed by atoms with E-state index >= 15 is 0 Å². The maximum atomic E-state index is 13.7. The molecular weight excluding hydrogens is 310 g/mol. The van der Waals surface area contributed by atoms with E-state index in [4.69, 9.17) is 23.2 Å². The van der Waals surface area contributed by atoms with Crippen LogP contribution in [0.4, 0.5) is 4.39 Å². The smallest absolute Gasteiger partial charge is 0.144 e. The number of benzene rings is 1. The Bertz CT molecular complexity index is 653. The molecule has 2 atom stereocenters. The predicted octanol–water partition coefficient (Wildman–Crippen LogP) is 5.36. The predicted molar refractivity (Wildman–Crippen MR) is 85.8 cm³/mol. The van der Waals surface area contributed by atoms with Crippen molar-refractivity contribution >= 4 is 34.2 Å². The second-order valence-electron chi connectivity index (χ2n) is 6.02. The average Bonchev–Trinajstić information content (AvgIpc) is 2.77. The van der Waals surface area contributed by atoms with Gasteiger partial charge in [-0.1, -0.05) is 31.4 Å². The van der Waals surface area contributed by atoms with Crippen LogP contribution in [0.5, 0.6) is 0 Å². The van der Waals surface area contributed by atoms with E-state index in [2.05, 4.69) is 16.5 Å². The van der Waals surface area contributed by atoms with E-state index in [1.807, 2.05) is 0 Å². The zero-order valence-electron chi connectivity index (χ0n) is 12.1. The zero-order chi connectivity index (χ0) is 15.0. The van der Waals surface area contributed by atoms with Crippen LogP contribution in [0.3, 0.4) is 0 Å². The highest BCUT2D eigenvalue weighted by atomic mass is 35.5. The molecule has 0 aliphatic heterocycles. The van der Waals surface area contributed by atoms with Gasteiger partial charge in [-0.3, -0.25) is 0 Å². The first kappa shape index (κ1) is 15.1. The Labute approximate surface area is 134 Å². The molecular formula is C16H19Cl2FN2. The minimum Gasteiger partial charge on any atom is -0.325 e. The van der Waals surface area contributed by atoms with Crippen molar-refractivity contribution in [2.75, 3.05) is 5.88 Å². The largest absolute Gasteiger partial charge is 0.325 e. The fraction of sp³-hybridized carbons (Fsp3) is 0.562. The molecule has 1 aromatic carbocycles.